The number of imidazole rings is 1. The zero-order valence-corrected chi connectivity index (χ0v) is 8.92. The Bertz CT molecular complexity index is 606. The summed E-state index contributed by atoms with van der Waals surface area (Å²) >= 11 is 0. The standard InChI is InChI=1S/C6H7N.C5H4N4O/c1-2-4-6-7-5-3-1;10-5-3-4(7-1-6-3)8-2-9-5/h1-7H;1-2H,(H2,6,7,8,9,10). The fourth-order valence-corrected chi connectivity index (χ4v) is 1.18. The topological polar surface area (TPSA) is 86.5 Å². The van der Waals surface area contributed by atoms with E-state index in [1.54, 1.807) is 0 Å². The summed E-state index contributed by atoms with van der Waals surface area (Å²) in [5.74, 6) is 0. The average Bonchev–Trinajstić information content (AvgIpc) is 2.64. The number of hydrogen-bond donors (Lipinski definition) is 3. The quantitative estimate of drug-likeness (QED) is 0.624. The third-order valence-corrected chi connectivity index (χ3v) is 1.95. The lowest BCUT2D eigenvalue weighted by Gasteiger charge is -1.81. The molecule has 0 bridgehead atoms. The number of aromatic nitrogens is 4. The Morgan fingerprint density at radius 3 is 2.18 bits per heavy atom. The second kappa shape index (κ2) is 5.45. The van der Waals surface area contributed by atoms with Crippen LogP contribution >= 0.6 is 0 Å². The Labute approximate surface area is 96.8 Å². The first kappa shape index (κ1) is 10.9. The highest BCUT2D eigenvalue weighted by atomic mass is 16.1. The molecule has 6 nitrogen and oxygen atoms in total. The van der Waals surface area contributed by atoms with Crippen LogP contribution in [0, 0.1) is 0 Å². The summed E-state index contributed by atoms with van der Waals surface area (Å²) in [6.45, 7) is 0. The molecule has 17 heavy (non-hydrogen) atoms. The van der Waals surface area contributed by atoms with Gasteiger partial charge in [-0.2, -0.15) is 0 Å². The van der Waals surface area contributed by atoms with Gasteiger partial charge in [0.25, 0.3) is 5.56 Å². The highest BCUT2D eigenvalue weighted by molar-refractivity contribution is 5.67. The van der Waals surface area contributed by atoms with Crippen LogP contribution < -0.4 is 10.9 Å². The molecular weight excluding hydrogens is 218 g/mol. The van der Waals surface area contributed by atoms with Gasteiger partial charge in [-0.05, 0) is 12.2 Å². The van der Waals surface area contributed by atoms with E-state index in [0.717, 1.165) is 0 Å². The molecule has 3 rings (SSSR count). The SMILES string of the molecule is C1=CC=CNC=C1.O=c1[nH]cnc2nc[nH]c12. The van der Waals surface area contributed by atoms with Crippen molar-refractivity contribution in [3.05, 3.63) is 59.7 Å². The smallest absolute Gasteiger partial charge is 0.276 e. The normalized spacial score (nSPS) is 12.7. The fraction of sp³-hybridized carbons (Fsp3) is 0. The predicted octanol–water partition coefficient (Wildman–Crippen LogP) is 0.819. The molecular formula is C11H11N5O. The maximum Gasteiger partial charge on any atom is 0.276 e. The Morgan fingerprint density at radius 2 is 1.53 bits per heavy atom. The van der Waals surface area contributed by atoms with E-state index in [4.69, 9.17) is 0 Å². The number of nitrogens with zero attached hydrogens (tertiary/aromatic N) is 2. The van der Waals surface area contributed by atoms with Crippen LogP contribution in [0.15, 0.2) is 54.2 Å². The van der Waals surface area contributed by atoms with Crippen LogP contribution in [0.3, 0.4) is 0 Å². The minimum Gasteiger partial charge on any atom is -0.368 e. The summed E-state index contributed by atoms with van der Waals surface area (Å²) in [5, 5.41) is 2.92. The molecule has 3 heterocycles. The third kappa shape index (κ3) is 2.91. The van der Waals surface area contributed by atoms with Gasteiger partial charge in [0.05, 0.1) is 12.7 Å². The average molecular weight is 229 g/mol. The van der Waals surface area contributed by atoms with Gasteiger partial charge in [-0.25, -0.2) is 9.97 Å². The summed E-state index contributed by atoms with van der Waals surface area (Å²) in [7, 11) is 0. The lowest BCUT2D eigenvalue weighted by atomic mass is 10.5. The molecule has 3 N–H and O–H groups in total. The second-order valence-corrected chi connectivity index (χ2v) is 3.10. The molecule has 1 aliphatic rings. The number of nitrogens with one attached hydrogen (secondary N) is 3. The Morgan fingerprint density at radius 1 is 0.882 bits per heavy atom. The molecule has 0 aliphatic carbocycles. The van der Waals surface area contributed by atoms with Crippen LogP contribution in [-0.4, -0.2) is 19.9 Å². The molecule has 2 aromatic heterocycles. The second-order valence-electron chi connectivity index (χ2n) is 3.10. The molecule has 0 unspecified atom stereocenters. The summed E-state index contributed by atoms with van der Waals surface area (Å²) in [5.41, 5.74) is 0.675. The van der Waals surface area contributed by atoms with Gasteiger partial charge in [0.2, 0.25) is 0 Å². The van der Waals surface area contributed by atoms with Crippen molar-refractivity contribution in [1.82, 2.24) is 25.3 Å². The monoisotopic (exact) mass is 229 g/mol. The molecule has 6 heteroatoms. The van der Waals surface area contributed by atoms with E-state index in [1.165, 1.54) is 12.7 Å². The molecule has 0 radical (unpaired) electrons. The number of allylic oxidation sites excluding steroid dienone is 4. The van der Waals surface area contributed by atoms with Gasteiger partial charge in [0.15, 0.2) is 11.2 Å². The summed E-state index contributed by atoms with van der Waals surface area (Å²) in [6, 6.07) is 0. The van der Waals surface area contributed by atoms with Gasteiger partial charge in [-0.1, -0.05) is 12.2 Å². The van der Waals surface area contributed by atoms with E-state index in [0.29, 0.717) is 11.2 Å². The zero-order valence-electron chi connectivity index (χ0n) is 8.92. The van der Waals surface area contributed by atoms with Crippen molar-refractivity contribution in [2.75, 3.05) is 0 Å². The maximum atomic E-state index is 10.9. The maximum absolute atomic E-state index is 10.9. The third-order valence-electron chi connectivity index (χ3n) is 1.95. The number of fused-ring (bicyclic) bond motifs is 1. The Kier molecular flexibility index (Phi) is 3.49. The van der Waals surface area contributed by atoms with E-state index >= 15 is 0 Å². The first-order valence-corrected chi connectivity index (χ1v) is 4.99. The lowest BCUT2D eigenvalue weighted by molar-refractivity contribution is 1.15. The van der Waals surface area contributed by atoms with Crippen molar-refractivity contribution >= 4 is 11.2 Å². The van der Waals surface area contributed by atoms with Gasteiger partial charge >= 0.3 is 0 Å². The van der Waals surface area contributed by atoms with Gasteiger partial charge in [0.1, 0.15) is 0 Å². The molecule has 2 aromatic rings. The zero-order chi connectivity index (χ0) is 11.9. The summed E-state index contributed by atoms with van der Waals surface area (Å²) in [4.78, 5) is 23.6. The van der Waals surface area contributed by atoms with Crippen molar-refractivity contribution in [1.29, 1.82) is 0 Å². The molecule has 0 fully saturated rings. The molecule has 0 amide bonds. The minimum absolute atomic E-state index is 0.192. The van der Waals surface area contributed by atoms with Crippen molar-refractivity contribution in [2.24, 2.45) is 0 Å². The van der Waals surface area contributed by atoms with E-state index < -0.39 is 0 Å². The molecule has 1 aliphatic heterocycles. The number of hydrogen-bond acceptors (Lipinski definition) is 4. The van der Waals surface area contributed by atoms with Crippen molar-refractivity contribution < 1.29 is 0 Å². The molecule has 86 valence electrons. The van der Waals surface area contributed by atoms with Gasteiger partial charge in [-0.15, -0.1) is 0 Å². The molecule has 0 aromatic carbocycles. The van der Waals surface area contributed by atoms with E-state index in [2.05, 4.69) is 25.3 Å². The van der Waals surface area contributed by atoms with Crippen molar-refractivity contribution in [3.63, 3.8) is 0 Å². The van der Waals surface area contributed by atoms with Gasteiger partial charge < -0.3 is 15.3 Å². The van der Waals surface area contributed by atoms with Crippen LogP contribution in [0.1, 0.15) is 0 Å². The molecule has 0 saturated heterocycles. The predicted molar refractivity (Wildman–Crippen MR) is 65.1 cm³/mol. The number of rotatable bonds is 0. The lowest BCUT2D eigenvalue weighted by Crippen LogP contribution is -2.05. The van der Waals surface area contributed by atoms with Crippen LogP contribution in [0.5, 0.6) is 0 Å². The van der Waals surface area contributed by atoms with Crippen LogP contribution in [-0.2, 0) is 0 Å². The Hall–Kier alpha value is -2.63. The summed E-state index contributed by atoms with van der Waals surface area (Å²) in [6.07, 6.45) is 14.3. The van der Waals surface area contributed by atoms with Crippen LogP contribution in [0.2, 0.25) is 0 Å². The van der Waals surface area contributed by atoms with E-state index in [9.17, 15) is 4.79 Å². The van der Waals surface area contributed by atoms with Crippen molar-refractivity contribution in [2.45, 2.75) is 0 Å². The van der Waals surface area contributed by atoms with Gasteiger partial charge in [-0.3, -0.25) is 4.79 Å². The largest absolute Gasteiger partial charge is 0.368 e. The first-order chi connectivity index (χ1) is 8.38. The number of H-pyrrole nitrogens is 2. The summed E-state index contributed by atoms with van der Waals surface area (Å²) < 4.78 is 0. The van der Waals surface area contributed by atoms with Gasteiger partial charge in [0, 0.05) is 12.4 Å². The first-order valence-electron chi connectivity index (χ1n) is 4.99. The van der Waals surface area contributed by atoms with Crippen molar-refractivity contribution in [3.8, 4) is 0 Å². The highest BCUT2D eigenvalue weighted by Crippen LogP contribution is 1.94. The fourth-order valence-electron chi connectivity index (χ4n) is 1.18. The molecule has 0 atom stereocenters. The number of aromatic amines is 2. The minimum atomic E-state index is -0.192. The van der Waals surface area contributed by atoms with E-state index in [-0.39, 0.29) is 5.56 Å². The van der Waals surface area contributed by atoms with Crippen LogP contribution in [0.25, 0.3) is 11.2 Å². The highest BCUT2D eigenvalue weighted by Gasteiger charge is 1.97. The molecule has 0 spiro atoms. The van der Waals surface area contributed by atoms with E-state index in [1.807, 2.05) is 36.7 Å². The Balaban J connectivity index is 0.000000136. The molecule has 0 saturated carbocycles. The van der Waals surface area contributed by atoms with Crippen LogP contribution in [0.4, 0.5) is 0 Å².